The number of fused-ring (bicyclic) bond motifs is 1. The highest BCUT2D eigenvalue weighted by atomic mass is 16.5. The third-order valence-electron chi connectivity index (χ3n) is 6.13. The number of hydrogen-bond acceptors (Lipinski definition) is 4. The van der Waals surface area contributed by atoms with Crippen molar-refractivity contribution in [3.05, 3.63) is 65.7 Å². The third-order valence-corrected chi connectivity index (χ3v) is 6.13. The Hall–Kier alpha value is -2.90. The molecule has 1 amide bonds. The van der Waals surface area contributed by atoms with Crippen molar-refractivity contribution < 1.29 is 9.53 Å². The maximum atomic E-state index is 11.2. The van der Waals surface area contributed by atoms with E-state index in [4.69, 9.17) is 4.74 Å². The smallest absolute Gasteiger partial charge is 0.221 e. The number of benzene rings is 2. The zero-order chi connectivity index (χ0) is 22.3. The van der Waals surface area contributed by atoms with Gasteiger partial charge in [-0.15, -0.1) is 0 Å². The predicted molar refractivity (Wildman–Crippen MR) is 128 cm³/mol. The second kappa shape index (κ2) is 10.6. The summed E-state index contributed by atoms with van der Waals surface area (Å²) in [5.41, 5.74) is 3.39. The quantitative estimate of drug-likeness (QED) is 0.539. The molecule has 0 radical (unpaired) electrons. The molecule has 4 rings (SSSR count). The minimum absolute atomic E-state index is 0.0549. The maximum absolute atomic E-state index is 11.2. The number of aliphatic imine (C=N–C) groups is 1. The van der Waals surface area contributed by atoms with E-state index in [0.717, 1.165) is 57.4 Å². The Kier molecular flexibility index (Phi) is 7.39. The molecule has 2 aromatic rings. The number of anilines is 1. The van der Waals surface area contributed by atoms with Crippen LogP contribution in [0, 0.1) is 0 Å². The molecule has 2 atom stereocenters. The van der Waals surface area contributed by atoms with Crippen molar-refractivity contribution >= 4 is 17.6 Å². The molecule has 2 unspecified atom stereocenters. The first kappa shape index (κ1) is 22.3. The van der Waals surface area contributed by atoms with Gasteiger partial charge in [-0.25, -0.2) is 0 Å². The molecule has 2 aliphatic rings. The largest absolute Gasteiger partial charge is 0.373 e. The molecule has 170 valence electrons. The number of ether oxygens (including phenoxy) is 1. The highest BCUT2D eigenvalue weighted by Crippen LogP contribution is 2.24. The van der Waals surface area contributed by atoms with E-state index in [1.54, 1.807) is 0 Å². The van der Waals surface area contributed by atoms with Crippen LogP contribution in [0.25, 0.3) is 0 Å². The normalized spacial score (nSPS) is 21.3. The van der Waals surface area contributed by atoms with Crippen LogP contribution in [-0.4, -0.2) is 73.6 Å². The van der Waals surface area contributed by atoms with E-state index in [1.165, 1.54) is 18.1 Å². The SMILES string of the molecule is CN=C(NCCc1ccc(NC(C)=O)cc1)N1CC2OCCN(Cc3ccccc3)C2C1. The molecule has 2 aliphatic heterocycles. The molecule has 2 aromatic carbocycles. The lowest BCUT2D eigenvalue weighted by Gasteiger charge is -2.36. The van der Waals surface area contributed by atoms with Crippen molar-refractivity contribution in [3.63, 3.8) is 0 Å². The average Bonchev–Trinajstić information content (AvgIpc) is 3.23. The summed E-state index contributed by atoms with van der Waals surface area (Å²) >= 11 is 0. The second-order valence-corrected chi connectivity index (χ2v) is 8.44. The van der Waals surface area contributed by atoms with Gasteiger partial charge in [0.2, 0.25) is 5.91 Å². The maximum Gasteiger partial charge on any atom is 0.221 e. The molecule has 2 saturated heterocycles. The lowest BCUT2D eigenvalue weighted by Crippen LogP contribution is -2.50. The molecular weight excluding hydrogens is 402 g/mol. The van der Waals surface area contributed by atoms with Crippen LogP contribution in [0.15, 0.2) is 59.6 Å². The number of rotatable bonds is 6. The van der Waals surface area contributed by atoms with Crippen LogP contribution >= 0.6 is 0 Å². The zero-order valence-corrected chi connectivity index (χ0v) is 19.0. The van der Waals surface area contributed by atoms with Crippen molar-refractivity contribution in [2.75, 3.05) is 45.2 Å². The molecule has 0 aliphatic carbocycles. The highest BCUT2D eigenvalue weighted by molar-refractivity contribution is 5.88. The van der Waals surface area contributed by atoms with E-state index in [9.17, 15) is 4.79 Å². The van der Waals surface area contributed by atoms with Crippen LogP contribution < -0.4 is 10.6 Å². The van der Waals surface area contributed by atoms with Crippen molar-refractivity contribution in [2.24, 2.45) is 4.99 Å². The lowest BCUT2D eigenvalue weighted by molar-refractivity contribution is -0.114. The number of hydrogen-bond donors (Lipinski definition) is 2. The molecule has 0 aromatic heterocycles. The van der Waals surface area contributed by atoms with Gasteiger partial charge in [0.05, 0.1) is 18.8 Å². The van der Waals surface area contributed by atoms with E-state index in [-0.39, 0.29) is 12.0 Å². The first-order valence-corrected chi connectivity index (χ1v) is 11.3. The van der Waals surface area contributed by atoms with Crippen LogP contribution in [-0.2, 0) is 22.5 Å². The predicted octanol–water partition coefficient (Wildman–Crippen LogP) is 2.35. The van der Waals surface area contributed by atoms with Gasteiger partial charge in [-0.3, -0.25) is 14.7 Å². The number of morpholine rings is 1. The Balaban J connectivity index is 1.29. The number of likely N-dealkylation sites (tertiary alicyclic amines) is 1. The van der Waals surface area contributed by atoms with Crippen LogP contribution in [0.5, 0.6) is 0 Å². The van der Waals surface area contributed by atoms with Crippen LogP contribution in [0.4, 0.5) is 5.69 Å². The average molecular weight is 436 g/mol. The van der Waals surface area contributed by atoms with Crippen LogP contribution in [0.2, 0.25) is 0 Å². The fourth-order valence-corrected chi connectivity index (χ4v) is 4.55. The summed E-state index contributed by atoms with van der Waals surface area (Å²) in [5.74, 6) is 0.873. The summed E-state index contributed by atoms with van der Waals surface area (Å²) < 4.78 is 6.11. The molecule has 7 nitrogen and oxygen atoms in total. The molecule has 2 N–H and O–H groups in total. The molecule has 0 saturated carbocycles. The molecular formula is C25H33N5O2. The Bertz CT molecular complexity index is 916. The van der Waals surface area contributed by atoms with Gasteiger partial charge >= 0.3 is 0 Å². The Labute approximate surface area is 190 Å². The highest BCUT2D eigenvalue weighted by Gasteiger charge is 2.41. The monoisotopic (exact) mass is 435 g/mol. The number of nitrogens with zero attached hydrogens (tertiary/aromatic N) is 3. The van der Waals surface area contributed by atoms with Gasteiger partial charge in [-0.1, -0.05) is 42.5 Å². The Morgan fingerprint density at radius 2 is 1.88 bits per heavy atom. The topological polar surface area (TPSA) is 69.2 Å². The number of guanidine groups is 1. The molecule has 2 fully saturated rings. The molecule has 7 heteroatoms. The fourth-order valence-electron chi connectivity index (χ4n) is 4.55. The third kappa shape index (κ3) is 5.66. The Morgan fingerprint density at radius 1 is 1.09 bits per heavy atom. The molecule has 32 heavy (non-hydrogen) atoms. The minimum Gasteiger partial charge on any atom is -0.373 e. The van der Waals surface area contributed by atoms with Gasteiger partial charge in [-0.2, -0.15) is 0 Å². The summed E-state index contributed by atoms with van der Waals surface area (Å²) in [6.07, 6.45) is 1.10. The van der Waals surface area contributed by atoms with E-state index >= 15 is 0 Å². The van der Waals surface area contributed by atoms with Crippen molar-refractivity contribution in [1.29, 1.82) is 0 Å². The van der Waals surface area contributed by atoms with Gasteiger partial charge in [0.1, 0.15) is 0 Å². The van der Waals surface area contributed by atoms with Gasteiger partial charge in [-0.05, 0) is 29.7 Å². The number of nitrogens with one attached hydrogen (secondary N) is 2. The van der Waals surface area contributed by atoms with Crippen LogP contribution in [0.3, 0.4) is 0 Å². The number of amides is 1. The summed E-state index contributed by atoms with van der Waals surface area (Å²) in [5, 5.41) is 6.31. The van der Waals surface area contributed by atoms with Gasteiger partial charge < -0.3 is 20.3 Å². The van der Waals surface area contributed by atoms with E-state index in [1.807, 2.05) is 19.2 Å². The fraction of sp³-hybridized carbons (Fsp3) is 0.440. The summed E-state index contributed by atoms with van der Waals surface area (Å²) in [7, 11) is 1.84. The molecule has 0 spiro atoms. The number of carbonyl (C=O) groups is 1. The standard InChI is InChI=1S/C25H33N5O2/c1-19(31)28-22-10-8-20(9-11-22)12-13-27-25(26-2)30-17-23-24(18-30)32-15-14-29(23)16-21-6-4-3-5-7-21/h3-11,23-24H,12-18H2,1-2H3,(H,26,27)(H,28,31). The van der Waals surface area contributed by atoms with E-state index < -0.39 is 0 Å². The first-order valence-electron chi connectivity index (χ1n) is 11.3. The summed E-state index contributed by atoms with van der Waals surface area (Å²) in [6.45, 7) is 6.80. The first-order chi connectivity index (χ1) is 15.6. The van der Waals surface area contributed by atoms with E-state index in [2.05, 4.69) is 67.9 Å². The van der Waals surface area contributed by atoms with Gasteiger partial charge in [0.15, 0.2) is 5.96 Å². The van der Waals surface area contributed by atoms with Crippen LogP contribution in [0.1, 0.15) is 18.1 Å². The van der Waals surface area contributed by atoms with Gasteiger partial charge in [0, 0.05) is 52.4 Å². The Morgan fingerprint density at radius 3 is 2.59 bits per heavy atom. The van der Waals surface area contributed by atoms with E-state index in [0.29, 0.717) is 6.04 Å². The zero-order valence-electron chi connectivity index (χ0n) is 19.0. The molecule has 2 heterocycles. The summed E-state index contributed by atoms with van der Waals surface area (Å²) in [4.78, 5) is 20.6. The number of carbonyl (C=O) groups excluding carboxylic acids is 1. The summed E-state index contributed by atoms with van der Waals surface area (Å²) in [6, 6.07) is 19.0. The van der Waals surface area contributed by atoms with Crippen molar-refractivity contribution in [1.82, 2.24) is 15.1 Å². The molecule has 0 bridgehead atoms. The van der Waals surface area contributed by atoms with Crippen molar-refractivity contribution in [2.45, 2.75) is 32.0 Å². The van der Waals surface area contributed by atoms with Gasteiger partial charge in [0.25, 0.3) is 0 Å². The van der Waals surface area contributed by atoms with Crippen molar-refractivity contribution in [3.8, 4) is 0 Å². The lowest BCUT2D eigenvalue weighted by atomic mass is 10.1. The minimum atomic E-state index is -0.0549. The second-order valence-electron chi connectivity index (χ2n) is 8.44.